The van der Waals surface area contributed by atoms with Crippen LogP contribution in [0.4, 0.5) is 4.79 Å². The van der Waals surface area contributed by atoms with E-state index >= 15 is 0 Å². The minimum atomic E-state index is -0.782. The van der Waals surface area contributed by atoms with Gasteiger partial charge < -0.3 is 9.47 Å². The fourth-order valence-corrected chi connectivity index (χ4v) is 3.42. The molecule has 0 unspecified atom stereocenters. The van der Waals surface area contributed by atoms with Crippen LogP contribution in [0, 0.1) is 0 Å². The maximum Gasteiger partial charge on any atom is 0.513 e. The summed E-state index contributed by atoms with van der Waals surface area (Å²) in [6.07, 6.45) is 10.0. The lowest BCUT2D eigenvalue weighted by atomic mass is 9.99. The number of ether oxygens (including phenoxy) is 2. The summed E-state index contributed by atoms with van der Waals surface area (Å²) in [6, 6.07) is 0. The molecule has 1 heterocycles. The molecular formula is C17H26O4S. The third-order valence-corrected chi connectivity index (χ3v) is 4.79. The van der Waals surface area contributed by atoms with E-state index < -0.39 is 10.9 Å². The average molecular weight is 326 g/mol. The van der Waals surface area contributed by atoms with Crippen LogP contribution >= 0.6 is 11.8 Å². The van der Waals surface area contributed by atoms with Gasteiger partial charge in [-0.2, -0.15) is 0 Å². The van der Waals surface area contributed by atoms with Crippen LogP contribution in [-0.4, -0.2) is 22.6 Å². The Bertz CT molecular complexity index is 430. The summed E-state index contributed by atoms with van der Waals surface area (Å²) < 4.78 is 9.55. The number of hydrogen-bond acceptors (Lipinski definition) is 5. The van der Waals surface area contributed by atoms with Crippen LogP contribution in [0.15, 0.2) is 24.5 Å². The molecule has 0 amide bonds. The Morgan fingerprint density at radius 2 is 2.00 bits per heavy atom. The summed E-state index contributed by atoms with van der Waals surface area (Å²) in [5.41, 5.74) is 0. The molecule has 0 spiro atoms. The van der Waals surface area contributed by atoms with Gasteiger partial charge in [0.05, 0.1) is 4.75 Å². The average Bonchev–Trinajstić information content (AvgIpc) is 2.75. The van der Waals surface area contributed by atoms with Crippen LogP contribution in [0.3, 0.4) is 0 Å². The van der Waals surface area contributed by atoms with Crippen molar-refractivity contribution < 1.29 is 19.1 Å². The first kappa shape index (κ1) is 18.8. The fourth-order valence-electron chi connectivity index (χ4n) is 2.36. The van der Waals surface area contributed by atoms with E-state index in [-0.39, 0.29) is 11.7 Å². The van der Waals surface area contributed by atoms with Crippen molar-refractivity contribution in [3.8, 4) is 0 Å². The lowest BCUT2D eigenvalue weighted by Gasteiger charge is -2.24. The van der Waals surface area contributed by atoms with E-state index in [1.165, 1.54) is 49.6 Å². The van der Waals surface area contributed by atoms with E-state index in [4.69, 9.17) is 9.47 Å². The highest BCUT2D eigenvalue weighted by Gasteiger charge is 2.40. The zero-order chi connectivity index (χ0) is 16.4. The minimum Gasteiger partial charge on any atom is -0.430 e. The minimum absolute atomic E-state index is 0.0694. The van der Waals surface area contributed by atoms with Gasteiger partial charge in [0.25, 0.3) is 0 Å². The van der Waals surface area contributed by atoms with Gasteiger partial charge in [-0.3, -0.25) is 4.79 Å². The molecule has 0 aromatic carbocycles. The van der Waals surface area contributed by atoms with E-state index in [0.717, 1.165) is 19.3 Å². The van der Waals surface area contributed by atoms with Gasteiger partial charge in [0.15, 0.2) is 0 Å². The van der Waals surface area contributed by atoms with Crippen molar-refractivity contribution in [2.24, 2.45) is 0 Å². The Morgan fingerprint density at radius 1 is 1.32 bits per heavy atom. The number of thioether (sulfide) groups is 1. The molecule has 0 bridgehead atoms. The van der Waals surface area contributed by atoms with Gasteiger partial charge in [0.2, 0.25) is 5.12 Å². The van der Waals surface area contributed by atoms with Gasteiger partial charge in [0, 0.05) is 6.08 Å². The summed E-state index contributed by atoms with van der Waals surface area (Å²) in [5.74, 6) is 0.408. The third kappa shape index (κ3) is 6.26. The van der Waals surface area contributed by atoms with Crippen LogP contribution in [0.1, 0.15) is 58.8 Å². The zero-order valence-electron chi connectivity index (χ0n) is 13.6. The Kier molecular flexibility index (Phi) is 8.31. The molecule has 0 fully saturated rings. The highest BCUT2D eigenvalue weighted by molar-refractivity contribution is 8.15. The van der Waals surface area contributed by atoms with Crippen LogP contribution in [0.2, 0.25) is 0 Å². The smallest absolute Gasteiger partial charge is 0.430 e. The molecule has 0 saturated carbocycles. The Balaban J connectivity index is 2.44. The Hall–Kier alpha value is -1.23. The van der Waals surface area contributed by atoms with E-state index in [0.29, 0.717) is 5.76 Å². The van der Waals surface area contributed by atoms with Crippen molar-refractivity contribution in [1.82, 2.24) is 0 Å². The van der Waals surface area contributed by atoms with Crippen LogP contribution in [0.5, 0.6) is 0 Å². The molecule has 0 aromatic heterocycles. The predicted molar refractivity (Wildman–Crippen MR) is 89.7 cm³/mol. The second-order valence-corrected chi connectivity index (χ2v) is 7.14. The Labute approximate surface area is 137 Å². The topological polar surface area (TPSA) is 52.6 Å². The summed E-state index contributed by atoms with van der Waals surface area (Å²) in [4.78, 5) is 23.2. The van der Waals surface area contributed by atoms with Crippen molar-refractivity contribution in [3.05, 3.63) is 24.5 Å². The maximum atomic E-state index is 11.7. The molecule has 22 heavy (non-hydrogen) atoms. The van der Waals surface area contributed by atoms with Gasteiger partial charge in [-0.1, -0.05) is 69.9 Å². The van der Waals surface area contributed by atoms with Crippen molar-refractivity contribution in [1.29, 1.82) is 0 Å². The maximum absolute atomic E-state index is 11.7. The Morgan fingerprint density at radius 3 is 2.68 bits per heavy atom. The van der Waals surface area contributed by atoms with Crippen molar-refractivity contribution in [2.75, 3.05) is 6.61 Å². The van der Waals surface area contributed by atoms with E-state index in [1.54, 1.807) is 0 Å². The molecule has 1 aliphatic heterocycles. The fraction of sp³-hybridized carbons (Fsp3) is 0.647. The first-order chi connectivity index (χ1) is 10.5. The molecule has 1 atom stereocenters. The highest BCUT2D eigenvalue weighted by atomic mass is 32.2. The van der Waals surface area contributed by atoms with Crippen molar-refractivity contribution >= 4 is 23.0 Å². The lowest BCUT2D eigenvalue weighted by Crippen LogP contribution is -2.24. The zero-order valence-corrected chi connectivity index (χ0v) is 14.4. The molecule has 0 N–H and O–H groups in total. The summed E-state index contributed by atoms with van der Waals surface area (Å²) >= 11 is 1.23. The quantitative estimate of drug-likeness (QED) is 0.321. The molecule has 124 valence electrons. The largest absolute Gasteiger partial charge is 0.513 e. The number of rotatable bonds is 10. The van der Waals surface area contributed by atoms with Crippen LogP contribution in [-0.2, 0) is 14.3 Å². The summed E-state index contributed by atoms with van der Waals surface area (Å²) in [6.45, 7) is 7.71. The van der Waals surface area contributed by atoms with Crippen molar-refractivity contribution in [2.45, 2.75) is 63.5 Å². The first-order valence-corrected chi connectivity index (χ1v) is 8.74. The molecule has 0 radical (unpaired) electrons. The van der Waals surface area contributed by atoms with E-state index in [2.05, 4.69) is 13.5 Å². The second-order valence-electron chi connectivity index (χ2n) is 5.63. The SMILES string of the molecule is C=CCOC(=O)OC1=CC(=O)S[C@]1(C)CCCCCCCC. The molecule has 0 aliphatic carbocycles. The standard InChI is InChI=1S/C17H26O4S/c1-4-6-7-8-9-10-11-17(3)14(13-15(18)22-17)21-16(19)20-12-5-2/h5,13H,2,4,6-12H2,1,3H3/t17-/m1/s1. The summed E-state index contributed by atoms with van der Waals surface area (Å²) in [5, 5.41) is -0.0694. The monoisotopic (exact) mass is 326 g/mol. The highest BCUT2D eigenvalue weighted by Crippen LogP contribution is 2.44. The van der Waals surface area contributed by atoms with Gasteiger partial charge in [-0.25, -0.2) is 4.79 Å². The lowest BCUT2D eigenvalue weighted by molar-refractivity contribution is -0.106. The van der Waals surface area contributed by atoms with Gasteiger partial charge >= 0.3 is 6.16 Å². The molecule has 5 heteroatoms. The van der Waals surface area contributed by atoms with Gasteiger partial charge in [0.1, 0.15) is 12.4 Å². The molecule has 0 aromatic rings. The molecule has 0 saturated heterocycles. The van der Waals surface area contributed by atoms with Gasteiger partial charge in [-0.05, 0) is 13.3 Å². The van der Waals surface area contributed by atoms with Crippen LogP contribution < -0.4 is 0 Å². The van der Waals surface area contributed by atoms with Crippen LogP contribution in [0.25, 0.3) is 0 Å². The molecule has 1 aliphatic rings. The molecule has 1 rings (SSSR count). The molecular weight excluding hydrogens is 300 g/mol. The number of unbranched alkanes of at least 4 members (excludes halogenated alkanes) is 5. The van der Waals surface area contributed by atoms with E-state index in [9.17, 15) is 9.59 Å². The number of carbonyl (C=O) groups excluding carboxylic acids is 2. The normalized spacial score (nSPS) is 20.6. The second kappa shape index (κ2) is 9.72. The summed E-state index contributed by atoms with van der Waals surface area (Å²) in [7, 11) is 0. The van der Waals surface area contributed by atoms with Crippen molar-refractivity contribution in [3.63, 3.8) is 0 Å². The molecule has 4 nitrogen and oxygen atoms in total. The van der Waals surface area contributed by atoms with E-state index in [1.807, 2.05) is 6.92 Å². The predicted octanol–water partition coefficient (Wildman–Crippen LogP) is 4.99. The third-order valence-electron chi connectivity index (χ3n) is 3.62. The number of carbonyl (C=O) groups is 2. The van der Waals surface area contributed by atoms with Gasteiger partial charge in [-0.15, -0.1) is 0 Å². The number of hydrogen-bond donors (Lipinski definition) is 0. The first-order valence-electron chi connectivity index (χ1n) is 7.92.